The number of nitrogens with zero attached hydrogens (tertiary/aromatic N) is 5. The third kappa shape index (κ3) is 3.68. The van der Waals surface area contributed by atoms with Gasteiger partial charge >= 0.3 is 5.97 Å². The first kappa shape index (κ1) is 15.7. The zero-order valence-electron chi connectivity index (χ0n) is 12.6. The second kappa shape index (κ2) is 6.37. The Morgan fingerprint density at radius 1 is 1.41 bits per heavy atom. The van der Waals surface area contributed by atoms with E-state index in [-0.39, 0.29) is 24.9 Å². The van der Waals surface area contributed by atoms with Crippen LogP contribution in [0.3, 0.4) is 0 Å². The topological polar surface area (TPSA) is 115 Å². The van der Waals surface area contributed by atoms with Crippen molar-refractivity contribution in [3.63, 3.8) is 0 Å². The molecule has 0 saturated heterocycles. The number of carboxylic acid groups (broad SMARTS) is 1. The van der Waals surface area contributed by atoms with Gasteiger partial charge in [-0.2, -0.15) is 5.10 Å². The maximum atomic E-state index is 12.1. The highest BCUT2D eigenvalue weighted by molar-refractivity contribution is 5.92. The van der Waals surface area contributed by atoms with E-state index in [0.29, 0.717) is 11.4 Å². The molecule has 0 saturated carbocycles. The van der Waals surface area contributed by atoms with Crippen molar-refractivity contribution in [1.82, 2.24) is 30.1 Å². The molecule has 0 aromatic carbocycles. The minimum Gasteiger partial charge on any atom is -0.480 e. The van der Waals surface area contributed by atoms with Crippen LogP contribution in [0.5, 0.6) is 0 Å². The molecule has 0 aliphatic rings. The van der Waals surface area contributed by atoms with Crippen LogP contribution >= 0.6 is 0 Å². The van der Waals surface area contributed by atoms with Crippen LogP contribution in [-0.2, 0) is 24.9 Å². The van der Waals surface area contributed by atoms with E-state index in [0.717, 1.165) is 5.69 Å². The van der Waals surface area contributed by atoms with Crippen LogP contribution in [0, 0.1) is 0 Å². The Hall–Kier alpha value is -2.71. The van der Waals surface area contributed by atoms with Crippen LogP contribution in [-0.4, -0.2) is 41.8 Å². The molecule has 22 heavy (non-hydrogen) atoms. The Morgan fingerprint density at radius 3 is 2.73 bits per heavy atom. The Bertz CT molecular complexity index is 688. The first-order valence-electron chi connectivity index (χ1n) is 6.79. The van der Waals surface area contributed by atoms with Gasteiger partial charge in [0.15, 0.2) is 0 Å². The van der Waals surface area contributed by atoms with E-state index in [1.165, 1.54) is 15.6 Å². The molecule has 0 unspecified atom stereocenters. The average molecular weight is 306 g/mol. The highest BCUT2D eigenvalue weighted by Gasteiger charge is 2.15. The van der Waals surface area contributed by atoms with Crippen LogP contribution in [0.2, 0.25) is 0 Å². The molecule has 2 heterocycles. The molecule has 2 aromatic rings. The summed E-state index contributed by atoms with van der Waals surface area (Å²) in [4.78, 5) is 22.7. The standard InChI is InChI=1S/C13H18N6O3/c1-8(2)10-4-11(18(3)16-10)13(22)14-5-9-6-19(17-15-9)7-12(20)21/h4,6,8H,5,7H2,1-3H3,(H,14,22)(H,20,21). The molecule has 118 valence electrons. The van der Waals surface area contributed by atoms with Gasteiger partial charge in [-0.15, -0.1) is 5.10 Å². The summed E-state index contributed by atoms with van der Waals surface area (Å²) in [6.07, 6.45) is 1.48. The van der Waals surface area contributed by atoms with Gasteiger partial charge in [0.2, 0.25) is 0 Å². The summed E-state index contributed by atoms with van der Waals surface area (Å²) in [5.41, 5.74) is 1.79. The van der Waals surface area contributed by atoms with Crippen molar-refractivity contribution >= 4 is 11.9 Å². The first-order chi connectivity index (χ1) is 10.4. The van der Waals surface area contributed by atoms with Gasteiger partial charge in [-0.05, 0) is 12.0 Å². The predicted octanol–water partition coefficient (Wildman–Crippen LogP) is 0.150. The van der Waals surface area contributed by atoms with Crippen LogP contribution in [0.15, 0.2) is 12.3 Å². The van der Waals surface area contributed by atoms with Crippen molar-refractivity contribution in [2.24, 2.45) is 7.05 Å². The minimum atomic E-state index is -1.00. The van der Waals surface area contributed by atoms with Gasteiger partial charge in [-0.25, -0.2) is 4.68 Å². The monoisotopic (exact) mass is 306 g/mol. The van der Waals surface area contributed by atoms with Gasteiger partial charge in [0.1, 0.15) is 17.9 Å². The fraction of sp³-hybridized carbons (Fsp3) is 0.462. The lowest BCUT2D eigenvalue weighted by molar-refractivity contribution is -0.137. The van der Waals surface area contributed by atoms with E-state index in [9.17, 15) is 9.59 Å². The summed E-state index contributed by atoms with van der Waals surface area (Å²) < 4.78 is 2.73. The fourth-order valence-electron chi connectivity index (χ4n) is 1.88. The summed E-state index contributed by atoms with van der Waals surface area (Å²) in [5.74, 6) is -1.03. The van der Waals surface area contributed by atoms with Gasteiger partial charge in [0, 0.05) is 7.05 Å². The number of rotatable bonds is 6. The fourth-order valence-corrected chi connectivity index (χ4v) is 1.88. The average Bonchev–Trinajstić information content (AvgIpc) is 3.02. The second-order valence-corrected chi connectivity index (χ2v) is 5.22. The maximum Gasteiger partial charge on any atom is 0.325 e. The molecule has 0 fully saturated rings. The third-order valence-electron chi connectivity index (χ3n) is 3.04. The Morgan fingerprint density at radius 2 is 2.14 bits per heavy atom. The summed E-state index contributed by atoms with van der Waals surface area (Å²) in [6, 6.07) is 1.75. The van der Waals surface area contributed by atoms with Crippen molar-refractivity contribution in [3.8, 4) is 0 Å². The SMILES string of the molecule is CC(C)c1cc(C(=O)NCc2cn(CC(=O)O)nn2)n(C)n1. The van der Waals surface area contributed by atoms with Gasteiger partial charge in [0.25, 0.3) is 5.91 Å². The van der Waals surface area contributed by atoms with Crippen LogP contribution in [0.1, 0.15) is 41.6 Å². The number of amides is 1. The van der Waals surface area contributed by atoms with Gasteiger partial charge in [-0.3, -0.25) is 14.3 Å². The highest BCUT2D eigenvalue weighted by atomic mass is 16.4. The molecule has 2 rings (SSSR count). The quantitative estimate of drug-likeness (QED) is 0.785. The van der Waals surface area contributed by atoms with Crippen LogP contribution in [0.4, 0.5) is 0 Å². The Balaban J connectivity index is 1.98. The lowest BCUT2D eigenvalue weighted by Crippen LogP contribution is -2.25. The smallest absolute Gasteiger partial charge is 0.325 e. The van der Waals surface area contributed by atoms with Gasteiger partial charge in [0.05, 0.1) is 18.4 Å². The van der Waals surface area contributed by atoms with Crippen molar-refractivity contribution in [3.05, 3.63) is 29.3 Å². The number of carboxylic acids is 1. The molecule has 0 aliphatic heterocycles. The Kier molecular flexibility index (Phi) is 4.54. The van der Waals surface area contributed by atoms with E-state index in [2.05, 4.69) is 20.7 Å². The number of aryl methyl sites for hydroxylation is 1. The predicted molar refractivity (Wildman–Crippen MR) is 76.1 cm³/mol. The lowest BCUT2D eigenvalue weighted by Gasteiger charge is -2.02. The van der Waals surface area contributed by atoms with Crippen molar-refractivity contribution in [2.75, 3.05) is 0 Å². The maximum absolute atomic E-state index is 12.1. The zero-order chi connectivity index (χ0) is 16.3. The van der Waals surface area contributed by atoms with E-state index in [1.54, 1.807) is 13.1 Å². The number of hydrogen-bond acceptors (Lipinski definition) is 5. The molecule has 0 radical (unpaired) electrons. The normalized spacial score (nSPS) is 10.9. The number of carbonyl (C=O) groups excluding carboxylic acids is 1. The molecule has 2 N–H and O–H groups in total. The molecule has 0 spiro atoms. The van der Waals surface area contributed by atoms with Crippen LogP contribution < -0.4 is 5.32 Å². The number of carbonyl (C=O) groups is 2. The number of hydrogen-bond donors (Lipinski definition) is 2. The molecule has 0 atom stereocenters. The molecule has 2 aromatic heterocycles. The molecule has 0 aliphatic carbocycles. The molecule has 0 bridgehead atoms. The van der Waals surface area contributed by atoms with Gasteiger partial charge in [-0.1, -0.05) is 19.1 Å². The minimum absolute atomic E-state index is 0.167. The zero-order valence-corrected chi connectivity index (χ0v) is 12.6. The molecule has 9 heteroatoms. The summed E-state index contributed by atoms with van der Waals surface area (Å²) in [5, 5.41) is 23.1. The number of nitrogens with one attached hydrogen (secondary N) is 1. The van der Waals surface area contributed by atoms with E-state index in [1.807, 2.05) is 13.8 Å². The largest absolute Gasteiger partial charge is 0.480 e. The summed E-state index contributed by atoms with van der Waals surface area (Å²) >= 11 is 0. The van der Waals surface area contributed by atoms with Crippen molar-refractivity contribution in [1.29, 1.82) is 0 Å². The number of aliphatic carboxylic acids is 1. The van der Waals surface area contributed by atoms with E-state index >= 15 is 0 Å². The molecular formula is C13H18N6O3. The van der Waals surface area contributed by atoms with E-state index < -0.39 is 5.97 Å². The van der Waals surface area contributed by atoms with E-state index in [4.69, 9.17) is 5.11 Å². The van der Waals surface area contributed by atoms with Crippen molar-refractivity contribution < 1.29 is 14.7 Å². The van der Waals surface area contributed by atoms with Crippen molar-refractivity contribution in [2.45, 2.75) is 32.9 Å². The Labute approximate surface area is 126 Å². The molecule has 9 nitrogen and oxygen atoms in total. The lowest BCUT2D eigenvalue weighted by atomic mass is 10.1. The number of aromatic nitrogens is 5. The van der Waals surface area contributed by atoms with Gasteiger partial charge < -0.3 is 10.4 Å². The molecular weight excluding hydrogens is 288 g/mol. The summed E-state index contributed by atoms with van der Waals surface area (Å²) in [6.45, 7) is 3.91. The highest BCUT2D eigenvalue weighted by Crippen LogP contribution is 2.13. The van der Waals surface area contributed by atoms with Crippen LogP contribution in [0.25, 0.3) is 0 Å². The third-order valence-corrected chi connectivity index (χ3v) is 3.04. The second-order valence-electron chi connectivity index (χ2n) is 5.22. The summed E-state index contributed by atoms with van der Waals surface area (Å²) in [7, 11) is 1.71. The first-order valence-corrected chi connectivity index (χ1v) is 6.79. The molecule has 1 amide bonds.